The molecule has 0 saturated heterocycles. The first kappa shape index (κ1) is 20.4. The summed E-state index contributed by atoms with van der Waals surface area (Å²) in [7, 11) is 1.47. The third-order valence-corrected chi connectivity index (χ3v) is 9.85. The van der Waals surface area contributed by atoms with E-state index < -0.39 is 0 Å². The van der Waals surface area contributed by atoms with Crippen LogP contribution in [-0.2, 0) is 9.53 Å². The molecule has 4 aliphatic carbocycles. The Morgan fingerprint density at radius 3 is 2.75 bits per heavy atom. The number of aliphatic hydroxyl groups excluding tert-OH is 1. The summed E-state index contributed by atoms with van der Waals surface area (Å²) in [4.78, 5) is 11.6. The molecular weight excluding hydrogens is 348 g/mol. The van der Waals surface area contributed by atoms with Crippen LogP contribution in [-0.4, -0.2) is 24.3 Å². The van der Waals surface area contributed by atoms with E-state index in [1.165, 1.54) is 58.5 Å². The number of hydrogen-bond donors (Lipinski definition) is 1. The summed E-state index contributed by atoms with van der Waals surface area (Å²) in [5, 5.41) is 11.5. The van der Waals surface area contributed by atoms with Crippen molar-refractivity contribution in [1.29, 1.82) is 0 Å². The molecule has 1 N–H and O–H groups in total. The monoisotopic (exact) mass is 388 g/mol. The van der Waals surface area contributed by atoms with Gasteiger partial charge in [-0.05, 0) is 80.0 Å². The van der Waals surface area contributed by atoms with Gasteiger partial charge in [0.1, 0.15) is 0 Å². The van der Waals surface area contributed by atoms with Gasteiger partial charge in [-0.3, -0.25) is 4.79 Å². The number of methoxy groups -OCH3 is 1. The minimum absolute atomic E-state index is 0.0401. The lowest BCUT2D eigenvalue weighted by atomic mass is 9.48. The summed E-state index contributed by atoms with van der Waals surface area (Å²) in [5.41, 5.74) is 1.92. The molecule has 3 heteroatoms. The minimum Gasteiger partial charge on any atom is -0.469 e. The number of esters is 1. The van der Waals surface area contributed by atoms with Gasteiger partial charge in [0.15, 0.2) is 0 Å². The highest BCUT2D eigenvalue weighted by Crippen LogP contribution is 2.66. The number of aliphatic hydroxyl groups is 1. The van der Waals surface area contributed by atoms with Crippen LogP contribution in [0.5, 0.6) is 0 Å². The molecule has 0 aromatic heterocycles. The zero-order valence-electron chi connectivity index (χ0n) is 18.4. The van der Waals surface area contributed by atoms with E-state index in [9.17, 15) is 9.90 Å². The zero-order chi connectivity index (χ0) is 20.1. The van der Waals surface area contributed by atoms with E-state index in [1.54, 1.807) is 5.57 Å². The van der Waals surface area contributed by atoms with E-state index >= 15 is 0 Å². The van der Waals surface area contributed by atoms with E-state index in [-0.39, 0.29) is 17.5 Å². The van der Waals surface area contributed by atoms with Crippen LogP contribution >= 0.6 is 0 Å². The summed E-state index contributed by atoms with van der Waals surface area (Å²) in [5.74, 6) is 2.93. The van der Waals surface area contributed by atoms with Gasteiger partial charge in [0.2, 0.25) is 0 Å². The van der Waals surface area contributed by atoms with E-state index in [2.05, 4.69) is 26.8 Å². The fraction of sp³-hybridized carbons (Fsp3) is 0.880. The van der Waals surface area contributed by atoms with Crippen LogP contribution in [0.4, 0.5) is 0 Å². The van der Waals surface area contributed by atoms with Crippen LogP contribution in [0.1, 0.15) is 85.0 Å². The van der Waals surface area contributed by atoms with Crippen molar-refractivity contribution in [2.24, 2.45) is 40.4 Å². The van der Waals surface area contributed by atoms with Crippen molar-refractivity contribution in [2.75, 3.05) is 7.11 Å². The number of fused-ring (bicyclic) bond motifs is 5. The molecule has 3 saturated carbocycles. The largest absolute Gasteiger partial charge is 0.469 e. The number of rotatable bonds is 4. The SMILES string of the molecule is COC(=O)CC[C@@H](C)C1CC[C@H]2[C@@H]3CC[C@@H]4CCCC[C@]4(C)C3=C[C@@H](O)[C@]12C. The molecule has 4 rings (SSSR count). The zero-order valence-corrected chi connectivity index (χ0v) is 18.4. The molecule has 3 fully saturated rings. The average Bonchev–Trinajstić information content (AvgIpc) is 3.05. The molecule has 158 valence electrons. The van der Waals surface area contributed by atoms with Crippen molar-refractivity contribution in [3.63, 3.8) is 0 Å². The Balaban J connectivity index is 1.59. The Morgan fingerprint density at radius 1 is 1.21 bits per heavy atom. The number of ether oxygens (including phenoxy) is 1. The van der Waals surface area contributed by atoms with E-state index in [4.69, 9.17) is 4.74 Å². The first-order chi connectivity index (χ1) is 13.3. The van der Waals surface area contributed by atoms with Crippen LogP contribution in [0.2, 0.25) is 0 Å². The highest BCUT2D eigenvalue weighted by Gasteiger charge is 2.60. The van der Waals surface area contributed by atoms with Crippen molar-refractivity contribution in [1.82, 2.24) is 0 Å². The van der Waals surface area contributed by atoms with Crippen LogP contribution < -0.4 is 0 Å². The smallest absolute Gasteiger partial charge is 0.305 e. The normalized spacial score (nSPS) is 46.0. The first-order valence-electron chi connectivity index (χ1n) is 11.8. The average molecular weight is 389 g/mol. The lowest BCUT2D eigenvalue weighted by molar-refractivity contribution is -0.141. The van der Waals surface area contributed by atoms with E-state index in [0.29, 0.717) is 35.5 Å². The van der Waals surface area contributed by atoms with Gasteiger partial charge in [-0.1, -0.05) is 45.3 Å². The molecule has 0 aromatic rings. The van der Waals surface area contributed by atoms with Crippen molar-refractivity contribution >= 4 is 5.97 Å². The molecule has 0 heterocycles. The molecule has 28 heavy (non-hydrogen) atoms. The highest BCUT2D eigenvalue weighted by atomic mass is 16.5. The summed E-state index contributed by atoms with van der Waals surface area (Å²) < 4.78 is 4.85. The second-order valence-corrected chi connectivity index (χ2v) is 10.9. The van der Waals surface area contributed by atoms with E-state index in [0.717, 1.165) is 12.3 Å². The summed E-state index contributed by atoms with van der Waals surface area (Å²) >= 11 is 0. The Morgan fingerprint density at radius 2 is 2.00 bits per heavy atom. The molecule has 0 bridgehead atoms. The minimum atomic E-state index is -0.339. The predicted molar refractivity (Wildman–Crippen MR) is 112 cm³/mol. The van der Waals surface area contributed by atoms with Gasteiger partial charge >= 0.3 is 5.97 Å². The van der Waals surface area contributed by atoms with Crippen LogP contribution in [0.3, 0.4) is 0 Å². The Kier molecular flexibility index (Phi) is 5.44. The molecule has 8 atom stereocenters. The molecule has 0 aliphatic heterocycles. The number of hydrogen-bond acceptors (Lipinski definition) is 3. The van der Waals surface area contributed by atoms with Gasteiger partial charge in [0, 0.05) is 11.8 Å². The molecule has 3 nitrogen and oxygen atoms in total. The number of carbonyl (C=O) groups excluding carboxylic acids is 1. The maximum absolute atomic E-state index is 11.6. The number of carbonyl (C=O) groups is 1. The maximum Gasteiger partial charge on any atom is 0.305 e. The topological polar surface area (TPSA) is 46.5 Å². The Hall–Kier alpha value is -0.830. The van der Waals surface area contributed by atoms with Gasteiger partial charge < -0.3 is 9.84 Å². The van der Waals surface area contributed by atoms with E-state index in [1.807, 2.05) is 0 Å². The van der Waals surface area contributed by atoms with Crippen LogP contribution in [0, 0.1) is 40.4 Å². The number of allylic oxidation sites excluding steroid dienone is 1. The van der Waals surface area contributed by atoms with Gasteiger partial charge in [-0.2, -0.15) is 0 Å². The van der Waals surface area contributed by atoms with Gasteiger partial charge in [-0.15, -0.1) is 0 Å². The van der Waals surface area contributed by atoms with Crippen molar-refractivity contribution < 1.29 is 14.6 Å². The molecule has 0 spiro atoms. The summed E-state index contributed by atoms with van der Waals surface area (Å²) in [6, 6.07) is 0. The van der Waals surface area contributed by atoms with Crippen molar-refractivity contribution in [3.8, 4) is 0 Å². The molecule has 4 aliphatic rings. The second-order valence-electron chi connectivity index (χ2n) is 10.9. The van der Waals surface area contributed by atoms with Crippen LogP contribution in [0.25, 0.3) is 0 Å². The molecule has 1 unspecified atom stereocenters. The highest BCUT2D eigenvalue weighted by molar-refractivity contribution is 5.69. The van der Waals surface area contributed by atoms with Gasteiger partial charge in [-0.25, -0.2) is 0 Å². The van der Waals surface area contributed by atoms with Gasteiger partial charge in [0.25, 0.3) is 0 Å². The molecule has 0 radical (unpaired) electrons. The third-order valence-electron chi connectivity index (χ3n) is 9.85. The first-order valence-corrected chi connectivity index (χ1v) is 11.8. The lowest BCUT2D eigenvalue weighted by Gasteiger charge is -2.57. The Bertz CT molecular complexity index is 640. The molecular formula is C25H40O3. The fourth-order valence-corrected chi connectivity index (χ4v) is 8.17. The predicted octanol–water partition coefficient (Wildman–Crippen LogP) is 5.52. The molecule has 0 amide bonds. The van der Waals surface area contributed by atoms with Crippen molar-refractivity contribution in [3.05, 3.63) is 11.6 Å². The quantitative estimate of drug-likeness (QED) is 0.510. The van der Waals surface area contributed by atoms with Gasteiger partial charge in [0.05, 0.1) is 13.2 Å². The summed E-state index contributed by atoms with van der Waals surface area (Å²) in [6.45, 7) is 7.15. The lowest BCUT2D eigenvalue weighted by Crippen LogP contribution is -2.52. The van der Waals surface area contributed by atoms with Crippen LogP contribution in [0.15, 0.2) is 11.6 Å². The molecule has 0 aromatic carbocycles. The standard InChI is InChI=1S/C25H40O3/c1-16(8-13-23(27)28-4)19-11-12-20-18-10-9-17-7-5-6-14-24(17,2)21(18)15-22(26)25(19,20)3/h15-20,22,26H,5-14H2,1-4H3/t16-,17+,18+,19?,20+,22-,24+,25-/m1/s1. The Labute approximate surface area is 171 Å². The maximum atomic E-state index is 11.6. The second kappa shape index (κ2) is 7.45. The van der Waals surface area contributed by atoms with Crippen molar-refractivity contribution in [2.45, 2.75) is 91.1 Å². The summed E-state index contributed by atoms with van der Waals surface area (Å²) in [6.07, 6.45) is 13.9. The fourth-order valence-electron chi connectivity index (χ4n) is 8.17. The third kappa shape index (κ3) is 2.99.